The van der Waals surface area contributed by atoms with E-state index in [1.54, 1.807) is 0 Å². The summed E-state index contributed by atoms with van der Waals surface area (Å²) >= 11 is 0. The molecule has 0 aliphatic carbocycles. The van der Waals surface area contributed by atoms with Gasteiger partial charge in [-0.3, -0.25) is 9.36 Å². The zero-order valence-corrected chi connectivity index (χ0v) is 25.9. The van der Waals surface area contributed by atoms with E-state index >= 15 is 0 Å². The van der Waals surface area contributed by atoms with Gasteiger partial charge < -0.3 is 0 Å². The molecule has 44 heavy (non-hydrogen) atoms. The maximum atomic E-state index is 4.86. The molecule has 6 aromatic carbocycles. The van der Waals surface area contributed by atoms with Gasteiger partial charge in [-0.15, -0.1) is 23.3 Å². The second-order valence-electron chi connectivity index (χ2n) is 10.6. The molecule has 0 saturated heterocycles. The molecule has 0 N–H and O–H groups in total. The van der Waals surface area contributed by atoms with Gasteiger partial charge in [0.25, 0.3) is 0 Å². The second-order valence-corrected chi connectivity index (χ2v) is 10.6. The number of aromatic nitrogens is 4. The first kappa shape index (κ1) is 27.8. The van der Waals surface area contributed by atoms with Gasteiger partial charge in [-0.2, -0.15) is 46.6 Å². The molecule has 0 bridgehead atoms. The first-order valence-electron chi connectivity index (χ1n) is 14.4. The number of nitrogens with zero attached hydrogens (tertiary/aromatic N) is 4. The Morgan fingerprint density at radius 3 is 1.27 bits per heavy atom. The van der Waals surface area contributed by atoms with Crippen LogP contribution in [0.15, 0.2) is 158 Å². The van der Waals surface area contributed by atoms with Crippen molar-refractivity contribution in [2.24, 2.45) is 0 Å². The average molecular weight is 746 g/mol. The predicted octanol–water partition coefficient (Wildman–Crippen LogP) is 8.34. The standard InChI is InChI=1S/C39H26N4.Pt/c1-3-15-31(16-4-1)39(32-17-5-2-6-18-32,33-19-11-21-35(25-33)42-27-29-13-7-9-23-37(29)40-42)34-20-12-22-36(26-34)43-28-30-14-8-10-24-38(30)41-43;/h1-24,27-28H;/q-2;+2. The fourth-order valence-corrected chi connectivity index (χ4v) is 6.10. The number of hydrogen-bond donors (Lipinski definition) is 0. The van der Waals surface area contributed by atoms with Gasteiger partial charge in [0.05, 0.1) is 11.0 Å². The Kier molecular flexibility index (Phi) is 7.29. The van der Waals surface area contributed by atoms with Crippen molar-refractivity contribution in [3.63, 3.8) is 0 Å². The Labute approximate surface area is 270 Å². The van der Waals surface area contributed by atoms with Crippen LogP contribution in [0.2, 0.25) is 0 Å². The van der Waals surface area contributed by atoms with E-state index in [-0.39, 0.29) is 21.1 Å². The predicted molar refractivity (Wildman–Crippen MR) is 172 cm³/mol. The third-order valence-electron chi connectivity index (χ3n) is 8.10. The third-order valence-corrected chi connectivity index (χ3v) is 8.10. The summed E-state index contributed by atoms with van der Waals surface area (Å²) < 4.78 is 3.84. The molecule has 0 radical (unpaired) electrons. The SMILES string of the molecule is [Pt+2].[c-]1c(-n2cc3ccccc3n2)cccc1C(c1[c-]c(-n2cc3ccccc3n2)ccc1)(c1ccccc1)c1ccccc1. The van der Waals surface area contributed by atoms with Crippen LogP contribution in [0.25, 0.3) is 33.2 Å². The molecular formula is C39H26N4Pt. The van der Waals surface area contributed by atoms with Crippen molar-refractivity contribution >= 4 is 21.8 Å². The van der Waals surface area contributed by atoms with Crippen LogP contribution in [0, 0.1) is 12.1 Å². The number of hydrogen-bond acceptors (Lipinski definition) is 2. The summed E-state index contributed by atoms with van der Waals surface area (Å²) in [6.45, 7) is 0. The molecule has 0 aliphatic heterocycles. The van der Waals surface area contributed by atoms with Gasteiger partial charge >= 0.3 is 21.1 Å². The monoisotopic (exact) mass is 745 g/mol. The summed E-state index contributed by atoms with van der Waals surface area (Å²) in [4.78, 5) is 0. The Balaban J connectivity index is 0.00000312. The summed E-state index contributed by atoms with van der Waals surface area (Å²) in [6, 6.07) is 57.9. The van der Waals surface area contributed by atoms with Crippen LogP contribution >= 0.6 is 0 Å². The van der Waals surface area contributed by atoms with E-state index in [0.29, 0.717) is 0 Å². The fraction of sp³-hybridized carbons (Fsp3) is 0.0256. The van der Waals surface area contributed by atoms with E-state index in [1.807, 2.05) is 45.8 Å². The minimum Gasteiger partial charge on any atom is -0.264 e. The van der Waals surface area contributed by atoms with E-state index in [1.165, 1.54) is 0 Å². The van der Waals surface area contributed by atoms with Crippen LogP contribution < -0.4 is 0 Å². The fourth-order valence-electron chi connectivity index (χ4n) is 6.10. The number of fused-ring (bicyclic) bond motifs is 2. The van der Waals surface area contributed by atoms with Crippen molar-refractivity contribution in [1.82, 2.24) is 19.6 Å². The molecule has 0 atom stereocenters. The summed E-state index contributed by atoms with van der Waals surface area (Å²) in [5.41, 5.74) is 7.19. The van der Waals surface area contributed by atoms with Crippen LogP contribution in [0.4, 0.5) is 0 Å². The van der Waals surface area contributed by atoms with E-state index in [0.717, 1.165) is 55.4 Å². The molecule has 8 aromatic rings. The molecule has 0 unspecified atom stereocenters. The maximum absolute atomic E-state index is 4.86. The summed E-state index contributed by atoms with van der Waals surface area (Å²) in [5.74, 6) is 0. The zero-order chi connectivity index (χ0) is 28.6. The molecule has 0 spiro atoms. The van der Waals surface area contributed by atoms with Crippen LogP contribution in [0.3, 0.4) is 0 Å². The molecule has 0 fully saturated rings. The van der Waals surface area contributed by atoms with Gasteiger partial charge in [0.15, 0.2) is 0 Å². The largest absolute Gasteiger partial charge is 2.00 e. The van der Waals surface area contributed by atoms with Crippen LogP contribution in [0.5, 0.6) is 0 Å². The summed E-state index contributed by atoms with van der Waals surface area (Å²) in [6.07, 6.45) is 4.12. The van der Waals surface area contributed by atoms with E-state index in [2.05, 4.69) is 134 Å². The van der Waals surface area contributed by atoms with Crippen molar-refractivity contribution in [2.75, 3.05) is 0 Å². The Morgan fingerprint density at radius 1 is 0.432 bits per heavy atom. The minimum atomic E-state index is -0.715. The number of benzene rings is 6. The molecule has 5 heteroatoms. The van der Waals surface area contributed by atoms with Gasteiger partial charge in [0.1, 0.15) is 0 Å². The molecule has 212 valence electrons. The maximum Gasteiger partial charge on any atom is 2.00 e. The molecular weight excluding hydrogens is 720 g/mol. The molecule has 8 rings (SSSR count). The smallest absolute Gasteiger partial charge is 0.264 e. The van der Waals surface area contributed by atoms with Gasteiger partial charge in [0.2, 0.25) is 0 Å². The minimum absolute atomic E-state index is 0. The van der Waals surface area contributed by atoms with Crippen molar-refractivity contribution in [3.8, 4) is 11.4 Å². The van der Waals surface area contributed by atoms with E-state index < -0.39 is 5.41 Å². The van der Waals surface area contributed by atoms with Crippen LogP contribution in [0.1, 0.15) is 22.3 Å². The molecule has 0 amide bonds. The van der Waals surface area contributed by atoms with Gasteiger partial charge in [-0.05, 0) is 34.6 Å². The Hall–Kier alpha value is -5.05. The topological polar surface area (TPSA) is 35.6 Å². The zero-order valence-electron chi connectivity index (χ0n) is 23.6. The Bertz CT molecular complexity index is 1970. The first-order valence-corrected chi connectivity index (χ1v) is 14.4. The van der Waals surface area contributed by atoms with Crippen LogP contribution in [-0.4, -0.2) is 19.6 Å². The van der Waals surface area contributed by atoms with Crippen molar-refractivity contribution in [1.29, 1.82) is 0 Å². The molecule has 0 saturated carbocycles. The van der Waals surface area contributed by atoms with Crippen molar-refractivity contribution in [2.45, 2.75) is 5.41 Å². The summed E-state index contributed by atoms with van der Waals surface area (Å²) in [7, 11) is 0. The molecule has 2 aromatic heterocycles. The van der Waals surface area contributed by atoms with Gasteiger partial charge in [-0.25, -0.2) is 0 Å². The molecule has 2 heterocycles. The second kappa shape index (κ2) is 11.6. The van der Waals surface area contributed by atoms with Crippen molar-refractivity contribution in [3.05, 3.63) is 192 Å². The third kappa shape index (κ3) is 4.69. The summed E-state index contributed by atoms with van der Waals surface area (Å²) in [5, 5.41) is 11.9. The Morgan fingerprint density at radius 2 is 0.841 bits per heavy atom. The van der Waals surface area contributed by atoms with E-state index in [9.17, 15) is 0 Å². The normalized spacial score (nSPS) is 11.5. The molecule has 4 nitrogen and oxygen atoms in total. The quantitative estimate of drug-likeness (QED) is 0.127. The average Bonchev–Trinajstić information content (AvgIpc) is 3.72. The van der Waals surface area contributed by atoms with Crippen LogP contribution in [-0.2, 0) is 26.5 Å². The van der Waals surface area contributed by atoms with Gasteiger partial charge in [0, 0.05) is 28.6 Å². The first-order chi connectivity index (χ1) is 21.3. The van der Waals surface area contributed by atoms with Gasteiger partial charge in [-0.1, -0.05) is 97.1 Å². The number of rotatable bonds is 6. The molecule has 0 aliphatic rings. The van der Waals surface area contributed by atoms with Crippen molar-refractivity contribution < 1.29 is 21.1 Å². The van der Waals surface area contributed by atoms with E-state index in [4.69, 9.17) is 10.2 Å².